The van der Waals surface area contributed by atoms with Gasteiger partial charge in [-0.25, -0.2) is 14.6 Å². The second-order valence-corrected chi connectivity index (χ2v) is 10.9. The van der Waals surface area contributed by atoms with Gasteiger partial charge in [0.1, 0.15) is 23.7 Å². The Morgan fingerprint density at radius 1 is 1.00 bits per heavy atom. The Bertz CT molecular complexity index is 1420. The van der Waals surface area contributed by atoms with E-state index in [1.165, 1.54) is 10.2 Å². The van der Waals surface area contributed by atoms with Crippen LogP contribution in [-0.2, 0) is 0 Å². The van der Waals surface area contributed by atoms with Gasteiger partial charge >= 0.3 is 0 Å². The maximum absolute atomic E-state index is 10.5. The summed E-state index contributed by atoms with van der Waals surface area (Å²) in [4.78, 5) is 9.43. The number of hydrogen-bond acceptors (Lipinski definition) is 10. The largest absolute Gasteiger partial charge is 0.457 e. The van der Waals surface area contributed by atoms with E-state index in [2.05, 4.69) is 39.7 Å². The lowest BCUT2D eigenvalue weighted by molar-refractivity contribution is -0.0253. The quantitative estimate of drug-likeness (QED) is 0.186. The predicted octanol–water partition coefficient (Wildman–Crippen LogP) is 3.51. The van der Waals surface area contributed by atoms with E-state index in [1.807, 2.05) is 42.5 Å². The fourth-order valence-corrected chi connectivity index (χ4v) is 5.64. The van der Waals surface area contributed by atoms with Gasteiger partial charge in [0.2, 0.25) is 0 Å². The molecule has 6 rings (SSSR count). The van der Waals surface area contributed by atoms with Crippen molar-refractivity contribution in [2.24, 2.45) is 0 Å². The van der Waals surface area contributed by atoms with Crippen molar-refractivity contribution in [3.05, 3.63) is 60.2 Å². The van der Waals surface area contributed by atoms with Gasteiger partial charge < -0.3 is 25.4 Å². The highest BCUT2D eigenvalue weighted by Gasteiger charge is 2.44. The molecule has 11 heteroatoms. The molecule has 38 heavy (non-hydrogen) atoms. The molecule has 0 bridgehead atoms. The van der Waals surface area contributed by atoms with Crippen molar-refractivity contribution in [1.82, 2.24) is 25.0 Å². The average Bonchev–Trinajstić information content (AvgIpc) is 3.50. The third-order valence-corrected chi connectivity index (χ3v) is 8.10. The zero-order valence-electron chi connectivity index (χ0n) is 20.9. The highest BCUT2D eigenvalue weighted by Crippen LogP contribution is 2.44. The smallest absolute Gasteiger partial charge is 0.191 e. The van der Waals surface area contributed by atoms with E-state index in [0.717, 1.165) is 30.1 Å². The summed E-state index contributed by atoms with van der Waals surface area (Å²) in [7, 11) is 0. The summed E-state index contributed by atoms with van der Waals surface area (Å²) < 4.78 is 7.53. The van der Waals surface area contributed by atoms with Gasteiger partial charge in [0.15, 0.2) is 22.1 Å². The monoisotopic (exact) mass is 534 g/mol. The number of aliphatic hydroxyl groups excluding tert-OH is 3. The standard InChI is InChI=1S/C27H30N6O4S/c1-2-11-38-27-29-25(22-26(30-27)33(32-31-22)20-14-21(34)24(36)23(20)35)28-19-13-18(19)15-7-6-10-17(12-15)37-16-8-4-3-5-9-16/h3-10,12,18-21,23-24,34-36H,2,11,13-14H2,1H3,(H,28,29,30)/t18?,19?,20-,21+,23+,24-/m0/s1. The van der Waals surface area contributed by atoms with Crippen LogP contribution in [-0.4, -0.2) is 70.4 Å². The number of nitrogens with zero attached hydrogens (tertiary/aromatic N) is 5. The van der Waals surface area contributed by atoms with Gasteiger partial charge in [-0.2, -0.15) is 0 Å². The Kier molecular flexibility index (Phi) is 6.91. The van der Waals surface area contributed by atoms with E-state index in [0.29, 0.717) is 28.1 Å². The maximum Gasteiger partial charge on any atom is 0.191 e. The number of thioether (sulfide) groups is 1. The van der Waals surface area contributed by atoms with Crippen molar-refractivity contribution in [2.45, 2.75) is 67.7 Å². The van der Waals surface area contributed by atoms with Gasteiger partial charge in [0, 0.05) is 24.1 Å². The zero-order valence-corrected chi connectivity index (χ0v) is 21.7. The number of para-hydroxylation sites is 1. The van der Waals surface area contributed by atoms with Crippen molar-refractivity contribution in [1.29, 1.82) is 0 Å². The highest BCUT2D eigenvalue weighted by molar-refractivity contribution is 7.99. The molecule has 2 unspecified atom stereocenters. The normalized spacial score (nSPS) is 26.5. The van der Waals surface area contributed by atoms with Crippen LogP contribution in [0, 0.1) is 0 Å². The molecule has 2 aromatic heterocycles. The van der Waals surface area contributed by atoms with E-state index in [1.54, 1.807) is 11.8 Å². The van der Waals surface area contributed by atoms with Crippen LogP contribution in [0.3, 0.4) is 0 Å². The van der Waals surface area contributed by atoms with Gasteiger partial charge in [0.05, 0.1) is 12.1 Å². The number of benzene rings is 2. The summed E-state index contributed by atoms with van der Waals surface area (Å²) in [6.07, 6.45) is -1.36. The minimum atomic E-state index is -1.23. The number of fused-ring (bicyclic) bond motifs is 1. The Morgan fingerprint density at radius 2 is 1.82 bits per heavy atom. The van der Waals surface area contributed by atoms with Crippen LogP contribution in [0.2, 0.25) is 0 Å². The summed E-state index contributed by atoms with van der Waals surface area (Å²) in [5, 5.41) is 43.4. The van der Waals surface area contributed by atoms with Gasteiger partial charge in [0.25, 0.3) is 0 Å². The number of aliphatic hydroxyl groups is 3. The van der Waals surface area contributed by atoms with Crippen molar-refractivity contribution in [3.63, 3.8) is 0 Å². The molecule has 2 aliphatic carbocycles. The molecule has 2 heterocycles. The fraction of sp³-hybridized carbons (Fsp3) is 0.407. The second-order valence-electron chi connectivity index (χ2n) is 9.84. The zero-order chi connectivity index (χ0) is 26.2. The molecule has 2 aliphatic rings. The van der Waals surface area contributed by atoms with E-state index in [-0.39, 0.29) is 12.5 Å². The molecule has 2 saturated carbocycles. The van der Waals surface area contributed by atoms with E-state index in [9.17, 15) is 15.3 Å². The third kappa shape index (κ3) is 4.94. The summed E-state index contributed by atoms with van der Waals surface area (Å²) in [5.41, 5.74) is 2.16. The Balaban J connectivity index is 1.24. The van der Waals surface area contributed by atoms with Crippen LogP contribution in [0.5, 0.6) is 11.5 Å². The minimum Gasteiger partial charge on any atom is -0.457 e. The molecule has 0 amide bonds. The Hall–Kier alpha value is -3.25. The highest BCUT2D eigenvalue weighted by atomic mass is 32.2. The SMILES string of the molecule is CCCSc1nc(NC2CC2c2cccc(Oc3ccccc3)c2)c2nnn([C@H]3C[C@@H](O)[C@H](O)[C@@H]3O)c2n1. The maximum atomic E-state index is 10.5. The first-order chi connectivity index (χ1) is 18.5. The van der Waals surface area contributed by atoms with Crippen LogP contribution < -0.4 is 10.1 Å². The fourth-order valence-electron chi connectivity index (χ4n) is 4.95. The minimum absolute atomic E-state index is 0.162. The van der Waals surface area contributed by atoms with E-state index in [4.69, 9.17) is 9.72 Å². The number of aromatic nitrogens is 5. The molecule has 0 spiro atoms. The van der Waals surface area contributed by atoms with Crippen molar-refractivity contribution >= 4 is 28.7 Å². The van der Waals surface area contributed by atoms with Crippen LogP contribution in [0.15, 0.2) is 59.8 Å². The van der Waals surface area contributed by atoms with Crippen molar-refractivity contribution in [3.8, 4) is 11.5 Å². The molecule has 4 N–H and O–H groups in total. The molecular weight excluding hydrogens is 504 g/mol. The summed E-state index contributed by atoms with van der Waals surface area (Å²) in [5.74, 6) is 3.34. The summed E-state index contributed by atoms with van der Waals surface area (Å²) >= 11 is 1.54. The molecule has 10 nitrogen and oxygen atoms in total. The Labute approximate surface area is 224 Å². The molecular formula is C27H30N6O4S. The molecule has 2 aromatic carbocycles. The molecule has 198 valence electrons. The van der Waals surface area contributed by atoms with Crippen LogP contribution in [0.4, 0.5) is 5.82 Å². The van der Waals surface area contributed by atoms with Gasteiger partial charge in [-0.3, -0.25) is 0 Å². The van der Waals surface area contributed by atoms with Gasteiger partial charge in [-0.15, -0.1) is 5.10 Å². The lowest BCUT2D eigenvalue weighted by Crippen LogP contribution is -2.31. The lowest BCUT2D eigenvalue weighted by Gasteiger charge is -2.16. The number of anilines is 1. The first kappa shape index (κ1) is 25.1. The molecule has 0 radical (unpaired) electrons. The molecule has 4 aromatic rings. The number of rotatable bonds is 9. The summed E-state index contributed by atoms with van der Waals surface area (Å²) in [6.45, 7) is 2.10. The second kappa shape index (κ2) is 10.5. The van der Waals surface area contributed by atoms with Crippen molar-refractivity contribution in [2.75, 3.05) is 11.1 Å². The van der Waals surface area contributed by atoms with Crippen LogP contribution >= 0.6 is 11.8 Å². The average molecular weight is 535 g/mol. The predicted molar refractivity (Wildman–Crippen MR) is 144 cm³/mol. The van der Waals surface area contributed by atoms with E-state index >= 15 is 0 Å². The van der Waals surface area contributed by atoms with Crippen molar-refractivity contribution < 1.29 is 20.1 Å². The van der Waals surface area contributed by atoms with Gasteiger partial charge in [-0.1, -0.05) is 54.2 Å². The number of hydrogen-bond donors (Lipinski definition) is 4. The molecule has 2 fully saturated rings. The van der Waals surface area contributed by atoms with E-state index < -0.39 is 24.4 Å². The number of nitrogens with one attached hydrogen (secondary N) is 1. The molecule has 0 saturated heterocycles. The summed E-state index contributed by atoms with van der Waals surface area (Å²) in [6, 6.07) is 17.4. The molecule has 6 atom stereocenters. The topological polar surface area (TPSA) is 138 Å². The first-order valence-corrected chi connectivity index (χ1v) is 13.9. The van der Waals surface area contributed by atoms with Crippen LogP contribution in [0.25, 0.3) is 11.2 Å². The van der Waals surface area contributed by atoms with Crippen LogP contribution in [0.1, 0.15) is 43.7 Å². The lowest BCUT2D eigenvalue weighted by atomic mass is 10.1. The Morgan fingerprint density at radius 3 is 2.58 bits per heavy atom. The molecule has 0 aliphatic heterocycles. The first-order valence-electron chi connectivity index (χ1n) is 12.9. The third-order valence-electron chi connectivity index (χ3n) is 7.05. The van der Waals surface area contributed by atoms with Gasteiger partial charge in [-0.05, 0) is 42.7 Å². The number of ether oxygens (including phenoxy) is 1.